The summed E-state index contributed by atoms with van der Waals surface area (Å²) in [5.41, 5.74) is 6.05. The van der Waals surface area contributed by atoms with Crippen molar-refractivity contribution in [1.29, 1.82) is 0 Å². The van der Waals surface area contributed by atoms with Crippen molar-refractivity contribution in [3.8, 4) is 39.8 Å². The first-order chi connectivity index (χ1) is 20.8. The molecule has 2 aromatic heterocycles. The number of aromatic hydroxyl groups is 1. The van der Waals surface area contributed by atoms with Crippen molar-refractivity contribution in [1.82, 2.24) is 9.78 Å². The van der Waals surface area contributed by atoms with E-state index < -0.39 is 18.0 Å². The fourth-order valence-corrected chi connectivity index (χ4v) is 4.80. The summed E-state index contributed by atoms with van der Waals surface area (Å²) >= 11 is 0. The summed E-state index contributed by atoms with van der Waals surface area (Å²) in [5, 5.41) is 15.2. The minimum Gasteiger partial charge on any atom is -0.507 e. The first-order valence-corrected chi connectivity index (χ1v) is 13.7. The van der Waals surface area contributed by atoms with Gasteiger partial charge in [-0.05, 0) is 38.1 Å². The number of aryl methyl sites for hydroxylation is 2. The first kappa shape index (κ1) is 27.5. The van der Waals surface area contributed by atoms with Crippen LogP contribution in [0.2, 0.25) is 0 Å². The van der Waals surface area contributed by atoms with E-state index in [0.29, 0.717) is 17.0 Å². The molecule has 6 aromatic rings. The van der Waals surface area contributed by atoms with Crippen molar-refractivity contribution in [3.05, 3.63) is 130 Å². The van der Waals surface area contributed by atoms with E-state index in [1.54, 1.807) is 0 Å². The Hall–Kier alpha value is -5.63. The molecule has 1 N–H and O–H groups in total. The second-order valence-corrected chi connectivity index (χ2v) is 10.2. The molecule has 8 nitrogen and oxygen atoms in total. The van der Waals surface area contributed by atoms with Crippen LogP contribution in [0.1, 0.15) is 16.8 Å². The summed E-state index contributed by atoms with van der Waals surface area (Å²) < 4.78 is 18.8. The van der Waals surface area contributed by atoms with Crippen LogP contribution in [0.3, 0.4) is 0 Å². The van der Waals surface area contributed by atoms with Crippen LogP contribution in [-0.2, 0) is 16.1 Å². The maximum absolute atomic E-state index is 12.7. The average molecular weight is 573 g/mol. The Morgan fingerprint density at radius 2 is 1.63 bits per heavy atom. The third kappa shape index (κ3) is 6.04. The highest BCUT2D eigenvalue weighted by Crippen LogP contribution is 2.31. The number of esters is 1. The second kappa shape index (κ2) is 11.7. The van der Waals surface area contributed by atoms with Crippen LogP contribution < -0.4 is 10.2 Å². The van der Waals surface area contributed by atoms with Gasteiger partial charge in [-0.25, -0.2) is 9.48 Å². The Bertz CT molecular complexity index is 1990. The van der Waals surface area contributed by atoms with Gasteiger partial charge in [0.15, 0.2) is 12.0 Å². The zero-order valence-corrected chi connectivity index (χ0v) is 23.6. The zero-order chi connectivity index (χ0) is 29.9. The number of rotatable bonds is 8. The van der Waals surface area contributed by atoms with Gasteiger partial charge in [0, 0.05) is 29.3 Å². The number of hydrogen-bond donors (Lipinski definition) is 1. The normalized spacial score (nSPS) is 11.0. The van der Waals surface area contributed by atoms with Gasteiger partial charge in [-0.15, -0.1) is 0 Å². The number of benzene rings is 4. The lowest BCUT2D eigenvalue weighted by Gasteiger charge is -2.09. The molecule has 4 aromatic carbocycles. The fourth-order valence-electron chi connectivity index (χ4n) is 4.80. The Morgan fingerprint density at radius 3 is 2.40 bits per heavy atom. The van der Waals surface area contributed by atoms with Crippen LogP contribution in [0.15, 0.2) is 112 Å². The summed E-state index contributed by atoms with van der Waals surface area (Å²) in [4.78, 5) is 25.3. The Morgan fingerprint density at radius 1 is 0.860 bits per heavy atom. The van der Waals surface area contributed by atoms with Crippen molar-refractivity contribution in [2.75, 3.05) is 6.61 Å². The van der Waals surface area contributed by atoms with Crippen molar-refractivity contribution in [2.45, 2.75) is 20.5 Å². The zero-order valence-electron chi connectivity index (χ0n) is 23.6. The lowest BCUT2D eigenvalue weighted by atomic mass is 10.1. The second-order valence-electron chi connectivity index (χ2n) is 10.2. The van der Waals surface area contributed by atoms with E-state index in [2.05, 4.69) is 6.07 Å². The lowest BCUT2D eigenvalue weighted by molar-refractivity contribution is -0.147. The first-order valence-electron chi connectivity index (χ1n) is 13.7. The summed E-state index contributed by atoms with van der Waals surface area (Å²) in [7, 11) is 0. The van der Waals surface area contributed by atoms with Gasteiger partial charge >= 0.3 is 5.97 Å². The molecular formula is C35H28N2O6. The van der Waals surface area contributed by atoms with Crippen molar-refractivity contribution in [2.24, 2.45) is 0 Å². The summed E-state index contributed by atoms with van der Waals surface area (Å²) in [6.45, 7) is 3.58. The van der Waals surface area contributed by atoms with Gasteiger partial charge in [-0.2, -0.15) is 5.10 Å². The number of carbonyl (C=O) groups excluding carboxylic acids is 1. The van der Waals surface area contributed by atoms with Crippen molar-refractivity contribution < 1.29 is 23.8 Å². The number of fused-ring (bicyclic) bond motifs is 1. The highest BCUT2D eigenvalue weighted by Gasteiger charge is 2.16. The number of aromatic nitrogens is 2. The highest BCUT2D eigenvalue weighted by atomic mass is 16.6. The minimum absolute atomic E-state index is 0.0307. The van der Waals surface area contributed by atoms with Crippen LogP contribution in [0.4, 0.5) is 0 Å². The highest BCUT2D eigenvalue weighted by molar-refractivity contribution is 5.86. The SMILES string of the molecule is Cc1ccc(-n2nc(COC(=O)COc3cc(O)c4c(=O)cc(-c5ccccc5)oc4c3)cc2-c2cccc(C)c2)cc1. The third-order valence-corrected chi connectivity index (χ3v) is 6.93. The van der Waals surface area contributed by atoms with Crippen molar-refractivity contribution >= 4 is 16.9 Å². The predicted octanol–water partition coefficient (Wildman–Crippen LogP) is 6.76. The summed E-state index contributed by atoms with van der Waals surface area (Å²) in [6.07, 6.45) is 0. The fraction of sp³-hybridized carbons (Fsp3) is 0.114. The largest absolute Gasteiger partial charge is 0.507 e. The van der Waals surface area contributed by atoms with Crippen LogP contribution in [0, 0.1) is 13.8 Å². The van der Waals surface area contributed by atoms with Crippen molar-refractivity contribution in [3.63, 3.8) is 0 Å². The Balaban J connectivity index is 1.18. The molecule has 0 atom stereocenters. The maximum Gasteiger partial charge on any atom is 0.344 e. The molecule has 0 aliphatic heterocycles. The Kier molecular flexibility index (Phi) is 7.49. The molecule has 0 bridgehead atoms. The number of nitrogens with zero attached hydrogens (tertiary/aromatic N) is 2. The lowest BCUT2D eigenvalue weighted by Crippen LogP contribution is -2.15. The number of ether oxygens (including phenoxy) is 2. The van der Waals surface area contributed by atoms with Crippen LogP contribution >= 0.6 is 0 Å². The molecule has 0 saturated heterocycles. The minimum atomic E-state index is -0.624. The molecule has 0 aliphatic rings. The van der Waals surface area contributed by atoms with Crippen LogP contribution in [-0.4, -0.2) is 27.5 Å². The molecule has 0 unspecified atom stereocenters. The van der Waals surface area contributed by atoms with E-state index in [0.717, 1.165) is 28.1 Å². The molecule has 8 heteroatoms. The molecule has 0 aliphatic carbocycles. The van der Waals surface area contributed by atoms with Gasteiger partial charge in [0.1, 0.15) is 40.5 Å². The number of hydrogen-bond acceptors (Lipinski definition) is 7. The van der Waals surface area contributed by atoms with E-state index in [-0.39, 0.29) is 29.1 Å². The summed E-state index contributed by atoms with van der Waals surface area (Å²) in [5.74, 6) is -0.425. The van der Waals surface area contributed by atoms with Gasteiger partial charge in [-0.3, -0.25) is 4.79 Å². The number of phenols is 1. The van der Waals surface area contributed by atoms with Gasteiger partial charge in [0.05, 0.1) is 11.4 Å². The molecule has 0 radical (unpaired) electrons. The average Bonchev–Trinajstić information content (AvgIpc) is 3.44. The molecule has 0 spiro atoms. The topological polar surface area (TPSA) is 104 Å². The van der Waals surface area contributed by atoms with E-state index in [1.165, 1.54) is 18.2 Å². The molecule has 0 fully saturated rings. The van der Waals surface area contributed by atoms with Crippen LogP contribution in [0.25, 0.3) is 39.2 Å². The Labute approximate surface area is 247 Å². The number of carbonyl (C=O) groups is 1. The van der Waals surface area contributed by atoms with Crippen LogP contribution in [0.5, 0.6) is 11.5 Å². The van der Waals surface area contributed by atoms with Gasteiger partial charge in [-0.1, -0.05) is 71.8 Å². The van der Waals surface area contributed by atoms with Gasteiger partial charge in [0.25, 0.3) is 0 Å². The van der Waals surface area contributed by atoms with E-state index in [4.69, 9.17) is 19.0 Å². The van der Waals surface area contributed by atoms with E-state index in [1.807, 2.05) is 97.4 Å². The maximum atomic E-state index is 12.7. The molecule has 214 valence electrons. The molecule has 6 rings (SSSR count). The monoisotopic (exact) mass is 572 g/mol. The van der Waals surface area contributed by atoms with E-state index in [9.17, 15) is 14.7 Å². The predicted molar refractivity (Wildman–Crippen MR) is 163 cm³/mol. The van der Waals surface area contributed by atoms with Gasteiger partial charge in [0.2, 0.25) is 0 Å². The number of phenolic OH excluding ortho intramolecular Hbond substituents is 1. The molecular weight excluding hydrogens is 544 g/mol. The van der Waals surface area contributed by atoms with E-state index >= 15 is 0 Å². The smallest absolute Gasteiger partial charge is 0.344 e. The molecule has 2 heterocycles. The quantitative estimate of drug-likeness (QED) is 0.201. The molecule has 43 heavy (non-hydrogen) atoms. The summed E-state index contributed by atoms with van der Waals surface area (Å²) in [6, 6.07) is 31.3. The standard InChI is InChI=1S/C35H28N2O6/c1-22-11-13-27(14-12-22)37-29(25-10-6-7-23(2)15-25)16-26(36-37)20-42-34(40)21-41-28-17-30(38)35-31(39)19-32(43-33(35)18-28)24-8-4-3-5-9-24/h3-19,38H,20-21H2,1-2H3. The third-order valence-electron chi connectivity index (χ3n) is 6.93. The molecule has 0 saturated carbocycles. The molecule has 0 amide bonds. The van der Waals surface area contributed by atoms with Gasteiger partial charge < -0.3 is 19.0 Å².